The van der Waals surface area contributed by atoms with Crippen LogP contribution in [0.4, 0.5) is 0 Å². The van der Waals surface area contributed by atoms with Gasteiger partial charge in [0, 0.05) is 12.3 Å². The van der Waals surface area contributed by atoms with Crippen LogP contribution >= 0.6 is 0 Å². The number of nitrogens with one attached hydrogen (secondary N) is 1. The van der Waals surface area contributed by atoms with Gasteiger partial charge in [-0.05, 0) is 34.0 Å². The summed E-state index contributed by atoms with van der Waals surface area (Å²) in [6.45, 7) is 0. The molecule has 1 aromatic heterocycles. The van der Waals surface area contributed by atoms with Crippen LogP contribution in [0, 0.1) is 0 Å². The summed E-state index contributed by atoms with van der Waals surface area (Å²) in [5.74, 6) is 0. The molecule has 0 atom stereocenters. The summed E-state index contributed by atoms with van der Waals surface area (Å²) in [5.41, 5.74) is 1.94. The van der Waals surface area contributed by atoms with Crippen LogP contribution in [0.5, 0.6) is 0 Å². The molecule has 17 heavy (non-hydrogen) atoms. The molecule has 0 radical (unpaired) electrons. The van der Waals surface area contributed by atoms with Crippen molar-refractivity contribution in [2.75, 3.05) is 0 Å². The Morgan fingerprint density at radius 2 is 1.53 bits per heavy atom. The molecule has 0 fully saturated rings. The van der Waals surface area contributed by atoms with Crippen LogP contribution in [-0.2, 0) is 0 Å². The molecule has 3 rings (SSSR count). The largest absolute Gasteiger partial charge is 0.329 e. The zero-order chi connectivity index (χ0) is 11.7. The Kier molecular flexibility index (Phi) is 2.26. The van der Waals surface area contributed by atoms with Gasteiger partial charge in [0.2, 0.25) is 5.56 Å². The van der Waals surface area contributed by atoms with Gasteiger partial charge in [-0.25, -0.2) is 0 Å². The Morgan fingerprint density at radius 3 is 2.35 bits per heavy atom. The number of H-pyrrole nitrogens is 1. The highest BCUT2D eigenvalue weighted by Gasteiger charge is 1.99. The van der Waals surface area contributed by atoms with Crippen LogP contribution in [-0.4, -0.2) is 4.98 Å². The molecule has 82 valence electrons. The monoisotopic (exact) mass is 221 g/mol. The maximum Gasteiger partial charge on any atom is 0.248 e. The number of fused-ring (bicyclic) bond motifs is 1. The lowest BCUT2D eigenvalue weighted by molar-refractivity contribution is 1.24. The first-order valence-corrected chi connectivity index (χ1v) is 5.51. The number of rotatable bonds is 1. The van der Waals surface area contributed by atoms with Crippen LogP contribution in [0.1, 0.15) is 0 Å². The van der Waals surface area contributed by atoms with Gasteiger partial charge in [-0.2, -0.15) is 0 Å². The van der Waals surface area contributed by atoms with E-state index in [0.717, 1.165) is 11.1 Å². The van der Waals surface area contributed by atoms with E-state index in [4.69, 9.17) is 0 Å². The highest BCUT2D eigenvalue weighted by molar-refractivity contribution is 5.87. The van der Waals surface area contributed by atoms with Crippen molar-refractivity contribution in [2.24, 2.45) is 0 Å². The van der Waals surface area contributed by atoms with Crippen molar-refractivity contribution in [3.63, 3.8) is 0 Å². The molecule has 1 N–H and O–H groups in total. The van der Waals surface area contributed by atoms with Crippen LogP contribution in [0.25, 0.3) is 21.9 Å². The standard InChI is InChI=1S/C15H11NO/c17-15-10-14(7-8-16-15)13-6-5-11-3-1-2-4-12(11)9-13/h1-10H,(H,16,17). The summed E-state index contributed by atoms with van der Waals surface area (Å²) in [6, 6.07) is 17.9. The van der Waals surface area contributed by atoms with E-state index in [-0.39, 0.29) is 5.56 Å². The van der Waals surface area contributed by atoms with Gasteiger partial charge < -0.3 is 4.98 Å². The summed E-state index contributed by atoms with van der Waals surface area (Å²) in [7, 11) is 0. The Bertz CT molecular complexity index is 728. The number of pyridine rings is 1. The summed E-state index contributed by atoms with van der Waals surface area (Å²) in [4.78, 5) is 13.9. The van der Waals surface area contributed by atoms with Crippen molar-refractivity contribution >= 4 is 10.8 Å². The molecule has 0 aliphatic carbocycles. The highest BCUT2D eigenvalue weighted by atomic mass is 16.1. The molecule has 1 heterocycles. The molecule has 0 spiro atoms. The molecule has 2 aromatic carbocycles. The summed E-state index contributed by atoms with van der Waals surface area (Å²) < 4.78 is 0. The first-order chi connectivity index (χ1) is 8.33. The van der Waals surface area contributed by atoms with E-state index in [2.05, 4.69) is 29.2 Å². The van der Waals surface area contributed by atoms with Gasteiger partial charge in [-0.1, -0.05) is 36.4 Å². The first kappa shape index (κ1) is 9.85. The molecular formula is C15H11NO. The number of hydrogen-bond acceptors (Lipinski definition) is 1. The molecular weight excluding hydrogens is 210 g/mol. The Labute approximate surface area is 98.6 Å². The second-order valence-corrected chi connectivity index (χ2v) is 4.00. The predicted octanol–water partition coefficient (Wildman–Crippen LogP) is 3.20. The second kappa shape index (κ2) is 3.91. The fourth-order valence-corrected chi connectivity index (χ4v) is 1.99. The maximum absolute atomic E-state index is 11.3. The Hall–Kier alpha value is -2.35. The van der Waals surface area contributed by atoms with Gasteiger partial charge in [0.05, 0.1) is 0 Å². The average Bonchev–Trinajstić information content (AvgIpc) is 2.38. The van der Waals surface area contributed by atoms with Crippen molar-refractivity contribution in [1.82, 2.24) is 4.98 Å². The first-order valence-electron chi connectivity index (χ1n) is 5.51. The zero-order valence-corrected chi connectivity index (χ0v) is 9.18. The molecule has 0 saturated carbocycles. The van der Waals surface area contributed by atoms with Gasteiger partial charge in [-0.15, -0.1) is 0 Å². The van der Waals surface area contributed by atoms with Crippen molar-refractivity contribution in [3.05, 3.63) is 71.1 Å². The zero-order valence-electron chi connectivity index (χ0n) is 9.18. The van der Waals surface area contributed by atoms with Gasteiger partial charge in [0.25, 0.3) is 0 Å². The third-order valence-electron chi connectivity index (χ3n) is 2.86. The van der Waals surface area contributed by atoms with E-state index >= 15 is 0 Å². The molecule has 2 heteroatoms. The van der Waals surface area contributed by atoms with Crippen LogP contribution in [0.15, 0.2) is 65.6 Å². The maximum atomic E-state index is 11.3. The summed E-state index contributed by atoms with van der Waals surface area (Å²) in [5, 5.41) is 2.39. The average molecular weight is 221 g/mol. The quantitative estimate of drug-likeness (QED) is 0.672. The van der Waals surface area contributed by atoms with Crippen molar-refractivity contribution in [3.8, 4) is 11.1 Å². The van der Waals surface area contributed by atoms with Crippen molar-refractivity contribution < 1.29 is 0 Å². The fraction of sp³-hybridized carbons (Fsp3) is 0. The van der Waals surface area contributed by atoms with E-state index in [1.165, 1.54) is 10.8 Å². The smallest absolute Gasteiger partial charge is 0.248 e. The number of hydrogen-bond donors (Lipinski definition) is 1. The van der Waals surface area contributed by atoms with Crippen LogP contribution in [0.3, 0.4) is 0 Å². The van der Waals surface area contributed by atoms with Crippen LogP contribution < -0.4 is 5.56 Å². The lowest BCUT2D eigenvalue weighted by Crippen LogP contribution is -2.01. The SMILES string of the molecule is O=c1cc(-c2ccc3ccccc3c2)cc[nH]1. The van der Waals surface area contributed by atoms with E-state index in [1.54, 1.807) is 12.3 Å². The Morgan fingerprint density at radius 1 is 0.765 bits per heavy atom. The number of aromatic nitrogens is 1. The lowest BCUT2D eigenvalue weighted by Gasteiger charge is -2.03. The van der Waals surface area contributed by atoms with E-state index < -0.39 is 0 Å². The normalized spacial score (nSPS) is 10.6. The molecule has 2 nitrogen and oxygen atoms in total. The minimum Gasteiger partial charge on any atom is -0.329 e. The predicted molar refractivity (Wildman–Crippen MR) is 70.0 cm³/mol. The Balaban J connectivity index is 2.21. The third-order valence-corrected chi connectivity index (χ3v) is 2.86. The molecule has 0 aliphatic rings. The van der Waals surface area contributed by atoms with Gasteiger partial charge >= 0.3 is 0 Å². The lowest BCUT2D eigenvalue weighted by atomic mass is 10.0. The van der Waals surface area contributed by atoms with Crippen LogP contribution in [0.2, 0.25) is 0 Å². The highest BCUT2D eigenvalue weighted by Crippen LogP contribution is 2.22. The second-order valence-electron chi connectivity index (χ2n) is 4.00. The molecule has 0 unspecified atom stereocenters. The molecule has 3 aromatic rings. The van der Waals surface area contributed by atoms with Crippen molar-refractivity contribution in [2.45, 2.75) is 0 Å². The molecule has 0 saturated heterocycles. The summed E-state index contributed by atoms with van der Waals surface area (Å²) >= 11 is 0. The number of aromatic amines is 1. The van der Waals surface area contributed by atoms with Gasteiger partial charge in [0.15, 0.2) is 0 Å². The third kappa shape index (κ3) is 1.85. The summed E-state index contributed by atoms with van der Waals surface area (Å²) in [6.07, 6.45) is 1.67. The molecule has 0 amide bonds. The van der Waals surface area contributed by atoms with Gasteiger partial charge in [0.1, 0.15) is 0 Å². The molecule has 0 bridgehead atoms. The fourth-order valence-electron chi connectivity index (χ4n) is 1.99. The molecule has 0 aliphatic heterocycles. The topological polar surface area (TPSA) is 32.9 Å². The van der Waals surface area contributed by atoms with Crippen molar-refractivity contribution in [1.29, 1.82) is 0 Å². The minimum absolute atomic E-state index is 0.0735. The minimum atomic E-state index is -0.0735. The van der Waals surface area contributed by atoms with Gasteiger partial charge in [-0.3, -0.25) is 4.79 Å². The number of benzene rings is 2. The van der Waals surface area contributed by atoms with E-state index in [1.807, 2.05) is 24.3 Å². The van der Waals surface area contributed by atoms with E-state index in [0.29, 0.717) is 0 Å². The van der Waals surface area contributed by atoms with E-state index in [9.17, 15) is 4.79 Å².